The molecule has 9 heteroatoms. The summed E-state index contributed by atoms with van der Waals surface area (Å²) in [5.41, 5.74) is 0.220. The molecule has 156 valence electrons. The van der Waals surface area contributed by atoms with Crippen LogP contribution in [0.15, 0.2) is 24.3 Å². The molecule has 0 radical (unpaired) electrons. The molecule has 0 saturated carbocycles. The maximum Gasteiger partial charge on any atom is 0.410 e. The Kier molecular flexibility index (Phi) is 6.36. The van der Waals surface area contributed by atoms with Crippen LogP contribution in [0.5, 0.6) is 5.75 Å². The minimum absolute atomic E-state index is 0.270. The van der Waals surface area contributed by atoms with Gasteiger partial charge in [0.15, 0.2) is 5.82 Å². The zero-order valence-corrected chi connectivity index (χ0v) is 17.9. The van der Waals surface area contributed by atoms with Crippen LogP contribution < -0.4 is 10.1 Å². The fourth-order valence-electron chi connectivity index (χ4n) is 3.06. The third kappa shape index (κ3) is 5.44. The Balaban J connectivity index is 1.68. The van der Waals surface area contributed by atoms with E-state index in [1.54, 1.807) is 7.11 Å². The van der Waals surface area contributed by atoms with E-state index in [2.05, 4.69) is 14.7 Å². The number of methoxy groups -OCH3 is 1. The molecule has 1 aromatic carbocycles. The highest BCUT2D eigenvalue weighted by molar-refractivity contribution is 7.10. The van der Waals surface area contributed by atoms with Gasteiger partial charge in [-0.25, -0.2) is 4.79 Å². The van der Waals surface area contributed by atoms with Gasteiger partial charge in [0.1, 0.15) is 17.4 Å². The van der Waals surface area contributed by atoms with Gasteiger partial charge in [0.2, 0.25) is 11.0 Å². The smallest absolute Gasteiger partial charge is 0.410 e. The first-order valence-electron chi connectivity index (χ1n) is 9.55. The lowest BCUT2D eigenvalue weighted by Crippen LogP contribution is -2.51. The third-order valence-corrected chi connectivity index (χ3v) is 5.07. The van der Waals surface area contributed by atoms with Crippen LogP contribution in [0.4, 0.5) is 9.93 Å². The van der Waals surface area contributed by atoms with Crippen LogP contribution in [-0.4, -0.2) is 51.6 Å². The van der Waals surface area contributed by atoms with Gasteiger partial charge in [0.05, 0.1) is 7.11 Å². The zero-order chi connectivity index (χ0) is 21.0. The van der Waals surface area contributed by atoms with Crippen LogP contribution in [0.2, 0.25) is 0 Å². The van der Waals surface area contributed by atoms with Gasteiger partial charge in [0, 0.05) is 23.6 Å². The lowest BCUT2D eigenvalue weighted by atomic mass is 10.0. The summed E-state index contributed by atoms with van der Waals surface area (Å²) in [5.74, 6) is 1.01. The van der Waals surface area contributed by atoms with Gasteiger partial charge < -0.3 is 9.47 Å². The van der Waals surface area contributed by atoms with E-state index in [4.69, 9.17) is 9.47 Å². The van der Waals surface area contributed by atoms with Gasteiger partial charge in [-0.05, 0) is 64.3 Å². The molecule has 1 aliphatic heterocycles. The number of carbonyl (C=O) groups excluding carboxylic acids is 2. The average Bonchev–Trinajstić information content (AvgIpc) is 3.15. The molecule has 1 saturated heterocycles. The maximum atomic E-state index is 12.8. The van der Waals surface area contributed by atoms with Gasteiger partial charge in [-0.3, -0.25) is 15.0 Å². The number of hydrogen-bond acceptors (Lipinski definition) is 7. The van der Waals surface area contributed by atoms with Crippen LogP contribution in [0.25, 0.3) is 11.4 Å². The van der Waals surface area contributed by atoms with E-state index in [9.17, 15) is 9.59 Å². The van der Waals surface area contributed by atoms with E-state index in [-0.39, 0.29) is 5.91 Å². The zero-order valence-electron chi connectivity index (χ0n) is 17.1. The van der Waals surface area contributed by atoms with Crippen molar-refractivity contribution < 1.29 is 19.1 Å². The number of anilines is 1. The first-order valence-corrected chi connectivity index (χ1v) is 10.3. The fourth-order valence-corrected chi connectivity index (χ4v) is 3.66. The Morgan fingerprint density at radius 3 is 2.59 bits per heavy atom. The van der Waals surface area contributed by atoms with E-state index in [0.29, 0.717) is 23.9 Å². The monoisotopic (exact) mass is 418 g/mol. The summed E-state index contributed by atoms with van der Waals surface area (Å²) in [6.07, 6.45) is 1.86. The number of likely N-dealkylation sites (tertiary alicyclic amines) is 1. The molecule has 8 nitrogen and oxygen atoms in total. The fraction of sp³-hybridized carbons (Fsp3) is 0.500. The third-order valence-electron chi connectivity index (χ3n) is 4.44. The van der Waals surface area contributed by atoms with Gasteiger partial charge in [-0.15, -0.1) is 0 Å². The summed E-state index contributed by atoms with van der Waals surface area (Å²) in [4.78, 5) is 31.3. The first-order chi connectivity index (χ1) is 13.8. The number of amides is 2. The van der Waals surface area contributed by atoms with E-state index in [0.717, 1.165) is 35.7 Å². The SMILES string of the molecule is COc1ccc(-c2nsc(NC(=O)C3CCCCN3C(=O)OC(C)(C)C)n2)cc1. The normalized spacial score (nSPS) is 17.0. The second-order valence-electron chi connectivity index (χ2n) is 7.83. The van der Waals surface area contributed by atoms with Crippen LogP contribution in [0.1, 0.15) is 40.0 Å². The topological polar surface area (TPSA) is 93.7 Å². The van der Waals surface area contributed by atoms with Crippen LogP contribution in [0.3, 0.4) is 0 Å². The molecule has 1 aliphatic rings. The van der Waals surface area contributed by atoms with Gasteiger partial charge in [0.25, 0.3) is 0 Å². The minimum Gasteiger partial charge on any atom is -0.497 e. The Morgan fingerprint density at radius 1 is 1.21 bits per heavy atom. The minimum atomic E-state index is -0.609. The van der Waals surface area contributed by atoms with Crippen molar-refractivity contribution >= 4 is 28.7 Å². The van der Waals surface area contributed by atoms with Gasteiger partial charge in [-0.1, -0.05) is 0 Å². The molecule has 2 amide bonds. The van der Waals surface area contributed by atoms with Crippen LogP contribution >= 0.6 is 11.5 Å². The molecule has 1 aromatic heterocycles. The lowest BCUT2D eigenvalue weighted by molar-refractivity contribution is -0.122. The molecule has 2 aromatic rings. The number of nitrogens with zero attached hydrogens (tertiary/aromatic N) is 3. The molecule has 2 heterocycles. The van der Waals surface area contributed by atoms with Crippen molar-refractivity contribution in [1.29, 1.82) is 0 Å². The molecule has 1 unspecified atom stereocenters. The van der Waals surface area contributed by atoms with E-state index >= 15 is 0 Å². The average molecular weight is 419 g/mol. The number of ether oxygens (including phenoxy) is 2. The molecule has 1 fully saturated rings. The van der Waals surface area contributed by atoms with Crippen LogP contribution in [0, 0.1) is 0 Å². The Bertz CT molecular complexity index is 860. The molecular formula is C20H26N4O4S. The summed E-state index contributed by atoms with van der Waals surface area (Å²) >= 11 is 1.11. The number of nitrogens with one attached hydrogen (secondary N) is 1. The summed E-state index contributed by atoms with van der Waals surface area (Å²) in [7, 11) is 1.61. The highest BCUT2D eigenvalue weighted by atomic mass is 32.1. The van der Waals surface area contributed by atoms with Crippen molar-refractivity contribution in [2.75, 3.05) is 19.0 Å². The van der Waals surface area contributed by atoms with E-state index in [1.165, 1.54) is 4.90 Å². The standard InChI is InChI=1S/C20H26N4O4S/c1-20(2,3)28-19(26)24-12-6-5-7-15(24)17(25)22-18-21-16(23-29-18)13-8-10-14(27-4)11-9-13/h8-11,15H,5-7,12H2,1-4H3,(H,21,22,23,25). The Morgan fingerprint density at radius 2 is 1.93 bits per heavy atom. The molecule has 1 atom stereocenters. The molecule has 0 spiro atoms. The number of benzene rings is 1. The first kappa shape index (κ1) is 21.0. The lowest BCUT2D eigenvalue weighted by Gasteiger charge is -2.35. The van der Waals surface area contributed by atoms with Crippen molar-refractivity contribution in [1.82, 2.24) is 14.3 Å². The maximum absolute atomic E-state index is 12.8. The Labute approximate surface area is 174 Å². The summed E-state index contributed by atoms with van der Waals surface area (Å²) in [5, 5.41) is 3.20. The second kappa shape index (κ2) is 8.77. The van der Waals surface area contributed by atoms with Crippen molar-refractivity contribution in [3.05, 3.63) is 24.3 Å². The van der Waals surface area contributed by atoms with Crippen LogP contribution in [-0.2, 0) is 9.53 Å². The molecule has 3 rings (SSSR count). The summed E-state index contributed by atoms with van der Waals surface area (Å²) < 4.78 is 14.9. The van der Waals surface area contributed by atoms with Gasteiger partial charge >= 0.3 is 6.09 Å². The quantitative estimate of drug-likeness (QED) is 0.808. The predicted octanol–water partition coefficient (Wildman–Crippen LogP) is 3.94. The van der Waals surface area contributed by atoms with Crippen molar-refractivity contribution in [3.63, 3.8) is 0 Å². The summed E-state index contributed by atoms with van der Waals surface area (Å²) in [6.45, 7) is 5.93. The van der Waals surface area contributed by atoms with Crippen molar-refractivity contribution in [3.8, 4) is 17.1 Å². The number of carbonyl (C=O) groups is 2. The Hall–Kier alpha value is -2.68. The highest BCUT2D eigenvalue weighted by Gasteiger charge is 2.35. The molecule has 0 bridgehead atoms. The van der Waals surface area contributed by atoms with E-state index in [1.807, 2.05) is 45.0 Å². The highest BCUT2D eigenvalue weighted by Crippen LogP contribution is 2.25. The number of rotatable bonds is 4. The number of piperidine rings is 1. The summed E-state index contributed by atoms with van der Waals surface area (Å²) in [6, 6.07) is 6.80. The predicted molar refractivity (Wildman–Crippen MR) is 111 cm³/mol. The molecule has 1 N–H and O–H groups in total. The van der Waals surface area contributed by atoms with Crippen molar-refractivity contribution in [2.45, 2.75) is 51.7 Å². The number of aromatic nitrogens is 2. The number of hydrogen-bond donors (Lipinski definition) is 1. The largest absolute Gasteiger partial charge is 0.497 e. The molecule has 29 heavy (non-hydrogen) atoms. The molecule has 0 aliphatic carbocycles. The van der Waals surface area contributed by atoms with Gasteiger partial charge in [-0.2, -0.15) is 9.36 Å². The van der Waals surface area contributed by atoms with E-state index < -0.39 is 17.7 Å². The molecular weight excluding hydrogens is 392 g/mol. The second-order valence-corrected chi connectivity index (χ2v) is 8.58. The van der Waals surface area contributed by atoms with Crippen molar-refractivity contribution in [2.24, 2.45) is 0 Å².